The van der Waals surface area contributed by atoms with E-state index in [2.05, 4.69) is 17.1 Å². The molecule has 0 amide bonds. The van der Waals surface area contributed by atoms with Crippen molar-refractivity contribution in [3.05, 3.63) is 0 Å². The minimum atomic E-state index is -0.442. The van der Waals surface area contributed by atoms with Crippen LogP contribution < -0.4 is 5.32 Å². The molecule has 0 fully saturated rings. The van der Waals surface area contributed by atoms with Gasteiger partial charge in [-0.25, -0.2) is 0 Å². The highest BCUT2D eigenvalue weighted by Crippen LogP contribution is 1.89. The van der Waals surface area contributed by atoms with Gasteiger partial charge in [0.15, 0.2) is 0 Å². The molecule has 5 nitrogen and oxygen atoms in total. The lowest BCUT2D eigenvalue weighted by molar-refractivity contribution is 0.00391. The topological polar surface area (TPSA) is 54.0 Å². The van der Waals surface area contributed by atoms with E-state index < -0.39 is 6.10 Å². The molecule has 0 aromatic heterocycles. The Morgan fingerprint density at radius 3 is 2.56 bits per heavy atom. The largest absolute Gasteiger partial charge is 0.389 e. The molecule has 0 heterocycles. The van der Waals surface area contributed by atoms with Gasteiger partial charge < -0.3 is 24.8 Å². The van der Waals surface area contributed by atoms with E-state index in [-0.39, 0.29) is 0 Å². The lowest BCUT2D eigenvalue weighted by Gasteiger charge is -2.14. The Balaban J connectivity index is 3.14. The van der Waals surface area contributed by atoms with E-state index in [0.717, 1.165) is 32.5 Å². The smallest absolute Gasteiger partial charge is 0.0897 e. The summed E-state index contributed by atoms with van der Waals surface area (Å²) in [6.45, 7) is 6.90. The molecule has 0 bridgehead atoms. The molecule has 0 aliphatic rings. The highest BCUT2D eigenvalue weighted by Gasteiger charge is 2.03. The third kappa shape index (κ3) is 13.9. The lowest BCUT2D eigenvalue weighted by Crippen LogP contribution is -2.34. The average molecular weight is 262 g/mol. The fourth-order valence-corrected chi connectivity index (χ4v) is 1.32. The summed E-state index contributed by atoms with van der Waals surface area (Å²) in [7, 11) is 4.06. The third-order valence-electron chi connectivity index (χ3n) is 2.44. The molecule has 0 saturated carbocycles. The molecule has 1 atom stereocenters. The zero-order valence-corrected chi connectivity index (χ0v) is 12.2. The van der Waals surface area contributed by atoms with Crippen LogP contribution in [0, 0.1) is 0 Å². The second-order valence-electron chi connectivity index (χ2n) is 4.70. The number of hydrogen-bond donors (Lipinski definition) is 2. The van der Waals surface area contributed by atoms with Gasteiger partial charge >= 0.3 is 0 Å². The third-order valence-corrected chi connectivity index (χ3v) is 2.44. The molecule has 0 aliphatic carbocycles. The van der Waals surface area contributed by atoms with Crippen molar-refractivity contribution in [3.8, 4) is 0 Å². The standard InChI is InChI=1S/C13H30N2O3/c1-4-5-8-17-9-10-18-12-13(16)11-14-6-7-15(2)3/h13-14,16H,4-12H2,1-3H3. The van der Waals surface area contributed by atoms with Crippen molar-refractivity contribution in [3.63, 3.8) is 0 Å². The highest BCUT2D eigenvalue weighted by molar-refractivity contribution is 4.59. The van der Waals surface area contributed by atoms with Gasteiger partial charge in [-0.15, -0.1) is 0 Å². The zero-order valence-electron chi connectivity index (χ0n) is 12.2. The van der Waals surface area contributed by atoms with E-state index in [4.69, 9.17) is 9.47 Å². The maximum Gasteiger partial charge on any atom is 0.0897 e. The van der Waals surface area contributed by atoms with Crippen LogP contribution in [0.1, 0.15) is 19.8 Å². The molecule has 0 radical (unpaired) electrons. The molecule has 5 heteroatoms. The molecule has 0 aromatic rings. The maximum absolute atomic E-state index is 9.61. The van der Waals surface area contributed by atoms with Gasteiger partial charge in [-0.1, -0.05) is 13.3 Å². The Morgan fingerprint density at radius 1 is 1.17 bits per heavy atom. The van der Waals surface area contributed by atoms with Crippen LogP contribution in [0.3, 0.4) is 0 Å². The van der Waals surface area contributed by atoms with E-state index in [1.54, 1.807) is 0 Å². The molecule has 1 unspecified atom stereocenters. The fourth-order valence-electron chi connectivity index (χ4n) is 1.32. The van der Waals surface area contributed by atoms with Crippen LogP contribution in [0.15, 0.2) is 0 Å². The van der Waals surface area contributed by atoms with E-state index in [1.807, 2.05) is 14.1 Å². The minimum Gasteiger partial charge on any atom is -0.389 e. The predicted molar refractivity (Wildman–Crippen MR) is 74.0 cm³/mol. The summed E-state index contributed by atoms with van der Waals surface area (Å²) in [6.07, 6.45) is 1.80. The Morgan fingerprint density at radius 2 is 1.89 bits per heavy atom. The Bertz CT molecular complexity index is 168. The summed E-state index contributed by atoms with van der Waals surface area (Å²) in [5, 5.41) is 12.8. The molecule has 0 spiro atoms. The molecule has 0 aliphatic heterocycles. The Labute approximate surface area is 111 Å². The average Bonchev–Trinajstić information content (AvgIpc) is 2.33. The molecule has 110 valence electrons. The van der Waals surface area contributed by atoms with Crippen molar-refractivity contribution < 1.29 is 14.6 Å². The number of aliphatic hydroxyl groups excluding tert-OH is 1. The lowest BCUT2D eigenvalue weighted by atomic mass is 10.3. The summed E-state index contributed by atoms with van der Waals surface area (Å²) in [5.74, 6) is 0. The number of hydrogen-bond acceptors (Lipinski definition) is 5. The van der Waals surface area contributed by atoms with Crippen LogP contribution in [-0.4, -0.2) is 76.3 Å². The first-order valence-corrected chi connectivity index (χ1v) is 6.85. The molecule has 2 N–H and O–H groups in total. The van der Waals surface area contributed by atoms with Gasteiger partial charge in [0.25, 0.3) is 0 Å². The number of unbranched alkanes of at least 4 members (excludes halogenated alkanes) is 1. The van der Waals surface area contributed by atoms with E-state index in [0.29, 0.717) is 26.4 Å². The highest BCUT2D eigenvalue weighted by atomic mass is 16.5. The molecule has 0 aromatic carbocycles. The second kappa shape index (κ2) is 13.2. The summed E-state index contributed by atoms with van der Waals surface area (Å²) in [5.41, 5.74) is 0. The summed E-state index contributed by atoms with van der Waals surface area (Å²) in [6, 6.07) is 0. The van der Waals surface area contributed by atoms with Crippen LogP contribution >= 0.6 is 0 Å². The van der Waals surface area contributed by atoms with Crippen LogP contribution in [0.25, 0.3) is 0 Å². The van der Waals surface area contributed by atoms with Crippen molar-refractivity contribution in [1.29, 1.82) is 0 Å². The molecule has 18 heavy (non-hydrogen) atoms. The van der Waals surface area contributed by atoms with Gasteiger partial charge in [-0.3, -0.25) is 0 Å². The SMILES string of the molecule is CCCCOCCOCC(O)CNCCN(C)C. The predicted octanol–water partition coefficient (Wildman–Crippen LogP) is 0.332. The number of aliphatic hydroxyl groups is 1. The van der Waals surface area contributed by atoms with Crippen molar-refractivity contribution in [2.75, 3.05) is 60.2 Å². The zero-order chi connectivity index (χ0) is 13.6. The van der Waals surface area contributed by atoms with Gasteiger partial charge in [0, 0.05) is 26.2 Å². The van der Waals surface area contributed by atoms with Crippen molar-refractivity contribution >= 4 is 0 Å². The normalized spacial score (nSPS) is 13.2. The van der Waals surface area contributed by atoms with Gasteiger partial charge in [0.2, 0.25) is 0 Å². The first kappa shape index (κ1) is 17.8. The van der Waals surface area contributed by atoms with Gasteiger partial charge in [-0.2, -0.15) is 0 Å². The van der Waals surface area contributed by atoms with Gasteiger partial charge in [0.1, 0.15) is 0 Å². The fraction of sp³-hybridized carbons (Fsp3) is 1.00. The molecule has 0 saturated heterocycles. The van der Waals surface area contributed by atoms with Crippen LogP contribution in [0.2, 0.25) is 0 Å². The summed E-state index contributed by atoms with van der Waals surface area (Å²) >= 11 is 0. The maximum atomic E-state index is 9.61. The van der Waals surface area contributed by atoms with Crippen LogP contribution in [0.5, 0.6) is 0 Å². The number of likely N-dealkylation sites (N-methyl/N-ethyl adjacent to an activating group) is 1. The second-order valence-corrected chi connectivity index (χ2v) is 4.70. The number of nitrogens with zero attached hydrogens (tertiary/aromatic N) is 1. The first-order valence-electron chi connectivity index (χ1n) is 6.85. The monoisotopic (exact) mass is 262 g/mol. The summed E-state index contributed by atoms with van der Waals surface area (Å²) in [4.78, 5) is 2.10. The minimum absolute atomic E-state index is 0.367. The molecule has 0 rings (SSSR count). The first-order chi connectivity index (χ1) is 8.66. The van der Waals surface area contributed by atoms with Crippen LogP contribution in [-0.2, 0) is 9.47 Å². The van der Waals surface area contributed by atoms with Crippen molar-refractivity contribution in [1.82, 2.24) is 10.2 Å². The van der Waals surface area contributed by atoms with E-state index in [1.165, 1.54) is 0 Å². The van der Waals surface area contributed by atoms with Crippen molar-refractivity contribution in [2.24, 2.45) is 0 Å². The molecular formula is C13H30N2O3. The number of rotatable bonds is 13. The van der Waals surface area contributed by atoms with Crippen molar-refractivity contribution in [2.45, 2.75) is 25.9 Å². The van der Waals surface area contributed by atoms with E-state index in [9.17, 15) is 5.11 Å². The number of nitrogens with one attached hydrogen (secondary N) is 1. The Hall–Kier alpha value is -0.200. The van der Waals surface area contributed by atoms with Gasteiger partial charge in [-0.05, 0) is 20.5 Å². The van der Waals surface area contributed by atoms with E-state index >= 15 is 0 Å². The van der Waals surface area contributed by atoms with Gasteiger partial charge in [0.05, 0.1) is 25.9 Å². The Kier molecular flexibility index (Phi) is 13.1. The molecular weight excluding hydrogens is 232 g/mol. The summed E-state index contributed by atoms with van der Waals surface area (Å²) < 4.78 is 10.7. The quantitative estimate of drug-likeness (QED) is 0.469. The number of ether oxygens (including phenoxy) is 2. The van der Waals surface area contributed by atoms with Crippen LogP contribution in [0.4, 0.5) is 0 Å².